The van der Waals surface area contributed by atoms with Crippen molar-refractivity contribution in [2.75, 3.05) is 7.11 Å². The molecule has 0 aliphatic carbocycles. The number of carboxylic acids is 1. The van der Waals surface area contributed by atoms with Crippen molar-refractivity contribution in [1.82, 2.24) is 0 Å². The lowest BCUT2D eigenvalue weighted by Gasteiger charge is -2.15. The molecule has 0 saturated carbocycles. The van der Waals surface area contributed by atoms with Gasteiger partial charge in [0, 0.05) is 11.1 Å². The third kappa shape index (κ3) is 4.03. The fourth-order valence-corrected chi connectivity index (χ4v) is 2.53. The predicted octanol–water partition coefficient (Wildman–Crippen LogP) is 3.61. The summed E-state index contributed by atoms with van der Waals surface area (Å²) in [6, 6.07) is 7.61. The molecule has 0 aliphatic heterocycles. The number of carbonyl (C=O) groups excluding carboxylic acids is 1. The largest absolute Gasteiger partial charge is 0.507 e. The number of aromatic hydroxyl groups is 1. The Balaban J connectivity index is 2.32. The zero-order chi connectivity index (χ0) is 19.3. The smallest absolute Gasteiger partial charge is 0.335 e. The molecule has 0 fully saturated rings. The molecule has 26 heavy (non-hydrogen) atoms. The lowest BCUT2D eigenvalue weighted by molar-refractivity contribution is 0.0696. The van der Waals surface area contributed by atoms with E-state index in [1.54, 1.807) is 18.2 Å². The summed E-state index contributed by atoms with van der Waals surface area (Å²) in [7, 11) is 1.45. The average molecular weight is 356 g/mol. The van der Waals surface area contributed by atoms with Gasteiger partial charge < -0.3 is 19.7 Å². The van der Waals surface area contributed by atoms with Gasteiger partial charge >= 0.3 is 5.97 Å². The van der Waals surface area contributed by atoms with Crippen molar-refractivity contribution >= 4 is 11.8 Å². The molecule has 0 bridgehead atoms. The topological polar surface area (TPSA) is 93.1 Å². The fraction of sp³-hybridized carbons (Fsp3) is 0.200. The first-order valence-electron chi connectivity index (χ1n) is 7.88. The summed E-state index contributed by atoms with van der Waals surface area (Å²) >= 11 is 0. The Morgan fingerprint density at radius 2 is 1.92 bits per heavy atom. The normalized spacial score (nSPS) is 10.2. The van der Waals surface area contributed by atoms with Crippen LogP contribution < -0.4 is 9.47 Å². The van der Waals surface area contributed by atoms with E-state index in [0.717, 1.165) is 0 Å². The zero-order valence-electron chi connectivity index (χ0n) is 14.6. The first-order chi connectivity index (χ1) is 12.4. The molecular formula is C20H20O6. The van der Waals surface area contributed by atoms with Gasteiger partial charge in [-0.3, -0.25) is 4.79 Å². The molecular weight excluding hydrogens is 336 g/mol. The van der Waals surface area contributed by atoms with Crippen molar-refractivity contribution < 1.29 is 29.3 Å². The number of hydrogen-bond donors (Lipinski definition) is 2. The van der Waals surface area contributed by atoms with E-state index in [2.05, 4.69) is 6.58 Å². The highest BCUT2D eigenvalue weighted by molar-refractivity contribution is 5.97. The van der Waals surface area contributed by atoms with Gasteiger partial charge in [0.15, 0.2) is 5.78 Å². The van der Waals surface area contributed by atoms with Crippen molar-refractivity contribution in [3.63, 3.8) is 0 Å². The number of ketones is 1. The fourth-order valence-electron chi connectivity index (χ4n) is 2.53. The summed E-state index contributed by atoms with van der Waals surface area (Å²) in [5.74, 6) is -0.612. The molecule has 0 saturated heterocycles. The Bertz CT molecular complexity index is 854. The summed E-state index contributed by atoms with van der Waals surface area (Å²) in [5, 5.41) is 19.4. The minimum absolute atomic E-state index is 0.103. The second kappa shape index (κ2) is 8.20. The molecule has 0 heterocycles. The number of carbonyl (C=O) groups is 2. The van der Waals surface area contributed by atoms with Crippen LogP contribution in [0.4, 0.5) is 0 Å². The standard InChI is InChI=1S/C20H20O6/c1-4-5-16-17(9-8-15(12(2)21)19(16)22)26-11-14-7-6-13(20(23)24)10-18(14)25-3/h4,6-10,22H,1,5,11H2,2-3H3,(H,23,24). The van der Waals surface area contributed by atoms with Gasteiger partial charge in [0.2, 0.25) is 0 Å². The van der Waals surface area contributed by atoms with Gasteiger partial charge in [-0.2, -0.15) is 0 Å². The van der Waals surface area contributed by atoms with Crippen LogP contribution in [-0.2, 0) is 13.0 Å². The molecule has 136 valence electrons. The van der Waals surface area contributed by atoms with Gasteiger partial charge in [-0.25, -0.2) is 4.79 Å². The van der Waals surface area contributed by atoms with Crippen LogP contribution in [0.1, 0.15) is 38.8 Å². The van der Waals surface area contributed by atoms with E-state index in [0.29, 0.717) is 29.0 Å². The zero-order valence-corrected chi connectivity index (χ0v) is 14.6. The molecule has 0 spiro atoms. The van der Waals surface area contributed by atoms with E-state index in [9.17, 15) is 14.7 Å². The van der Waals surface area contributed by atoms with E-state index < -0.39 is 5.97 Å². The summed E-state index contributed by atoms with van der Waals surface area (Å²) in [6.07, 6.45) is 1.94. The summed E-state index contributed by atoms with van der Waals surface area (Å²) in [6.45, 7) is 5.14. The van der Waals surface area contributed by atoms with Crippen molar-refractivity contribution in [2.45, 2.75) is 20.0 Å². The minimum atomic E-state index is -1.05. The van der Waals surface area contributed by atoms with Crippen LogP contribution in [0.3, 0.4) is 0 Å². The molecule has 0 aliphatic rings. The van der Waals surface area contributed by atoms with E-state index >= 15 is 0 Å². The Morgan fingerprint density at radius 1 is 1.19 bits per heavy atom. The highest BCUT2D eigenvalue weighted by atomic mass is 16.5. The van der Waals surface area contributed by atoms with Crippen LogP contribution in [-0.4, -0.2) is 29.1 Å². The number of rotatable bonds is 8. The first kappa shape index (κ1) is 19.1. The Hall–Kier alpha value is -3.28. The van der Waals surface area contributed by atoms with Crippen molar-refractivity contribution in [3.8, 4) is 17.2 Å². The Labute approximate surface area is 151 Å². The van der Waals surface area contributed by atoms with Gasteiger partial charge in [0.05, 0.1) is 18.2 Å². The third-order valence-electron chi connectivity index (χ3n) is 3.88. The van der Waals surface area contributed by atoms with Crippen LogP contribution >= 0.6 is 0 Å². The van der Waals surface area contributed by atoms with Gasteiger partial charge in [-0.05, 0) is 37.6 Å². The number of allylic oxidation sites excluding steroid dienone is 1. The van der Waals surface area contributed by atoms with Crippen LogP contribution in [0.15, 0.2) is 43.0 Å². The van der Waals surface area contributed by atoms with Crippen molar-refractivity contribution in [3.05, 3.63) is 65.2 Å². The van der Waals surface area contributed by atoms with E-state index in [1.165, 1.54) is 32.2 Å². The monoisotopic (exact) mass is 356 g/mol. The second-order valence-corrected chi connectivity index (χ2v) is 5.61. The summed E-state index contributed by atoms with van der Waals surface area (Å²) in [5.41, 5.74) is 1.45. The predicted molar refractivity (Wildman–Crippen MR) is 96.3 cm³/mol. The van der Waals surface area contributed by atoms with Crippen LogP contribution in [0.25, 0.3) is 0 Å². The number of aromatic carboxylic acids is 1. The summed E-state index contributed by atoms with van der Waals surface area (Å²) in [4.78, 5) is 22.6. The van der Waals surface area contributed by atoms with E-state index in [-0.39, 0.29) is 29.3 Å². The maximum absolute atomic E-state index is 11.6. The van der Waals surface area contributed by atoms with E-state index in [4.69, 9.17) is 14.6 Å². The lowest BCUT2D eigenvalue weighted by Crippen LogP contribution is -2.04. The maximum atomic E-state index is 11.6. The van der Waals surface area contributed by atoms with Gasteiger partial charge in [-0.1, -0.05) is 12.1 Å². The van der Waals surface area contributed by atoms with E-state index in [1.807, 2.05) is 0 Å². The average Bonchev–Trinajstić information content (AvgIpc) is 2.61. The Morgan fingerprint density at radius 3 is 2.50 bits per heavy atom. The second-order valence-electron chi connectivity index (χ2n) is 5.61. The SMILES string of the molecule is C=CCc1c(OCc2ccc(C(=O)O)cc2OC)ccc(C(C)=O)c1O. The van der Waals surface area contributed by atoms with Crippen LogP contribution in [0.5, 0.6) is 17.2 Å². The number of hydrogen-bond acceptors (Lipinski definition) is 5. The van der Waals surface area contributed by atoms with Crippen molar-refractivity contribution in [2.24, 2.45) is 0 Å². The molecule has 0 atom stereocenters. The molecule has 2 aromatic rings. The minimum Gasteiger partial charge on any atom is -0.507 e. The highest BCUT2D eigenvalue weighted by Crippen LogP contribution is 2.33. The number of phenols is 1. The Kier molecular flexibility index (Phi) is 6.01. The third-order valence-corrected chi connectivity index (χ3v) is 3.88. The lowest BCUT2D eigenvalue weighted by atomic mass is 10.0. The molecule has 2 aromatic carbocycles. The van der Waals surface area contributed by atoms with Gasteiger partial charge in [0.1, 0.15) is 23.9 Å². The van der Waals surface area contributed by atoms with Gasteiger partial charge in [0.25, 0.3) is 0 Å². The first-order valence-corrected chi connectivity index (χ1v) is 7.88. The number of phenolic OH excluding ortho intramolecular Hbond substituents is 1. The number of Topliss-reactive ketones (excluding diaryl/α,β-unsaturated/α-hetero) is 1. The molecule has 0 amide bonds. The molecule has 0 radical (unpaired) electrons. The van der Waals surface area contributed by atoms with Crippen LogP contribution in [0.2, 0.25) is 0 Å². The summed E-state index contributed by atoms with van der Waals surface area (Å²) < 4.78 is 11.0. The molecule has 6 nitrogen and oxygen atoms in total. The number of carboxylic acid groups (broad SMARTS) is 1. The molecule has 2 N–H and O–H groups in total. The molecule has 6 heteroatoms. The van der Waals surface area contributed by atoms with Crippen LogP contribution in [0, 0.1) is 0 Å². The van der Waals surface area contributed by atoms with Crippen molar-refractivity contribution in [1.29, 1.82) is 0 Å². The number of benzene rings is 2. The maximum Gasteiger partial charge on any atom is 0.335 e. The quantitative estimate of drug-likeness (QED) is 0.554. The highest BCUT2D eigenvalue weighted by Gasteiger charge is 2.16. The molecule has 2 rings (SSSR count). The van der Waals surface area contributed by atoms with Gasteiger partial charge in [-0.15, -0.1) is 6.58 Å². The number of ether oxygens (including phenoxy) is 2. The molecule has 0 unspecified atom stereocenters. The molecule has 0 aromatic heterocycles. The number of methoxy groups -OCH3 is 1.